The van der Waals surface area contributed by atoms with Gasteiger partial charge in [0.15, 0.2) is 0 Å². The molecule has 128 valence electrons. The lowest BCUT2D eigenvalue weighted by atomic mass is 10.1. The first kappa shape index (κ1) is 21.3. The molecule has 0 aromatic rings. The van der Waals surface area contributed by atoms with Gasteiger partial charge in [0.25, 0.3) is 0 Å². The molecule has 21 heavy (non-hydrogen) atoms. The zero-order chi connectivity index (χ0) is 15.8. The summed E-state index contributed by atoms with van der Waals surface area (Å²) < 4.78 is 17.5. The van der Waals surface area contributed by atoms with Gasteiger partial charge in [-0.05, 0) is 33.6 Å². The Morgan fingerprint density at radius 2 is 0.905 bits per heavy atom. The number of hydrogen-bond donors (Lipinski definition) is 0. The maximum Gasteiger partial charge on any atom is 0.411 e. The van der Waals surface area contributed by atoms with Crippen LogP contribution in [0.5, 0.6) is 0 Å². The van der Waals surface area contributed by atoms with Crippen molar-refractivity contribution in [2.75, 3.05) is 26.0 Å². The van der Waals surface area contributed by atoms with Crippen molar-refractivity contribution in [3.05, 3.63) is 0 Å². The van der Waals surface area contributed by atoms with E-state index in [1.807, 2.05) is 20.8 Å². The third-order valence-electron chi connectivity index (χ3n) is 3.51. The second kappa shape index (κ2) is 15.2. The molecule has 0 unspecified atom stereocenters. The Hall–Kier alpha value is 0.310. The van der Waals surface area contributed by atoms with E-state index in [0.717, 1.165) is 12.6 Å². The summed E-state index contributed by atoms with van der Waals surface area (Å²) in [5.74, 6) is 0. The third kappa shape index (κ3) is 11.5. The van der Waals surface area contributed by atoms with Crippen LogP contribution in [0.25, 0.3) is 0 Å². The van der Waals surface area contributed by atoms with Crippen LogP contribution >= 0.6 is 7.94 Å². The molecule has 0 heterocycles. The van der Waals surface area contributed by atoms with Crippen LogP contribution in [0.15, 0.2) is 0 Å². The summed E-state index contributed by atoms with van der Waals surface area (Å²) in [7, 11) is -2.07. The van der Waals surface area contributed by atoms with Gasteiger partial charge >= 0.3 is 7.94 Å². The monoisotopic (exact) mass is 321 g/mol. The first-order valence-corrected chi connectivity index (χ1v) is 10.8. The molecule has 0 saturated heterocycles. The van der Waals surface area contributed by atoms with E-state index in [9.17, 15) is 0 Å². The molecule has 0 N–H and O–H groups in total. The zero-order valence-electron chi connectivity index (χ0n) is 14.9. The fraction of sp³-hybridized carbons (Fsp3) is 1.00. The second-order valence-electron chi connectivity index (χ2n) is 5.42. The summed E-state index contributed by atoms with van der Waals surface area (Å²) in [6.07, 6.45) is 13.0. The summed E-state index contributed by atoms with van der Waals surface area (Å²) in [6, 6.07) is 0. The zero-order valence-corrected chi connectivity index (χ0v) is 15.8. The van der Waals surface area contributed by atoms with Crippen molar-refractivity contribution in [1.29, 1.82) is 0 Å². The molecule has 0 radical (unpaired) electrons. The Morgan fingerprint density at radius 1 is 0.524 bits per heavy atom. The second-order valence-corrected chi connectivity index (χ2v) is 7.86. The topological polar surface area (TPSA) is 27.7 Å². The van der Waals surface area contributed by atoms with E-state index < -0.39 is 7.94 Å². The summed E-state index contributed by atoms with van der Waals surface area (Å²) >= 11 is 0. The highest BCUT2D eigenvalue weighted by molar-refractivity contribution is 7.61. The third-order valence-corrected chi connectivity index (χ3v) is 6.33. The molecule has 0 spiro atoms. The fourth-order valence-corrected chi connectivity index (χ4v) is 4.91. The van der Waals surface area contributed by atoms with Crippen LogP contribution in [-0.4, -0.2) is 26.0 Å². The van der Waals surface area contributed by atoms with Gasteiger partial charge in [-0.15, -0.1) is 0 Å². The Balaban J connectivity index is 3.76. The fourth-order valence-electron chi connectivity index (χ4n) is 2.51. The molecule has 0 bridgehead atoms. The minimum absolute atomic E-state index is 0.672. The van der Waals surface area contributed by atoms with Gasteiger partial charge in [0.2, 0.25) is 0 Å². The molecule has 0 atom stereocenters. The van der Waals surface area contributed by atoms with Crippen LogP contribution < -0.4 is 0 Å². The van der Waals surface area contributed by atoms with E-state index in [4.69, 9.17) is 13.6 Å². The first-order chi connectivity index (χ1) is 10.2. The maximum absolute atomic E-state index is 5.85. The predicted octanol–water partition coefficient (Wildman–Crippen LogP) is 6.39. The molecule has 0 aromatic carbocycles. The van der Waals surface area contributed by atoms with Gasteiger partial charge in [0, 0.05) is 0 Å². The van der Waals surface area contributed by atoms with Crippen molar-refractivity contribution in [1.82, 2.24) is 0 Å². The van der Waals surface area contributed by atoms with Crippen LogP contribution in [0, 0.1) is 0 Å². The lowest BCUT2D eigenvalue weighted by Gasteiger charge is -2.20. The average Bonchev–Trinajstić information content (AvgIpc) is 2.46. The standard InChI is InChI=1S/C17H38O3P/c1-5-9-10-11-12-13-14-15-16-17-21(18-6-2,19-7-3)20-8-4/h5-17H2,1-4H3/q+1. The molecule has 0 amide bonds. The highest BCUT2D eigenvalue weighted by Crippen LogP contribution is 2.62. The van der Waals surface area contributed by atoms with Crippen molar-refractivity contribution >= 4 is 7.94 Å². The van der Waals surface area contributed by atoms with Crippen molar-refractivity contribution in [2.24, 2.45) is 0 Å². The van der Waals surface area contributed by atoms with Gasteiger partial charge in [0.05, 0.1) is 19.8 Å². The van der Waals surface area contributed by atoms with E-state index in [2.05, 4.69) is 6.92 Å². The van der Waals surface area contributed by atoms with Crippen molar-refractivity contribution < 1.29 is 13.6 Å². The van der Waals surface area contributed by atoms with Crippen LogP contribution in [0.1, 0.15) is 85.5 Å². The van der Waals surface area contributed by atoms with Crippen LogP contribution in [-0.2, 0) is 13.6 Å². The smallest absolute Gasteiger partial charge is 0.178 e. The molecule has 0 fully saturated rings. The van der Waals surface area contributed by atoms with Gasteiger partial charge in [-0.3, -0.25) is 0 Å². The summed E-state index contributed by atoms with van der Waals surface area (Å²) in [5.41, 5.74) is 0. The van der Waals surface area contributed by atoms with Gasteiger partial charge in [-0.2, -0.15) is 13.6 Å². The van der Waals surface area contributed by atoms with Gasteiger partial charge in [-0.25, -0.2) is 0 Å². The summed E-state index contributed by atoms with van der Waals surface area (Å²) in [5, 5.41) is 0. The Labute approximate surface area is 133 Å². The summed E-state index contributed by atoms with van der Waals surface area (Å²) in [4.78, 5) is 0. The lowest BCUT2D eigenvalue weighted by molar-refractivity contribution is 0.150. The van der Waals surface area contributed by atoms with E-state index in [1.165, 1.54) is 51.4 Å². The molecule has 0 aliphatic rings. The highest BCUT2D eigenvalue weighted by atomic mass is 31.2. The number of hydrogen-bond acceptors (Lipinski definition) is 3. The van der Waals surface area contributed by atoms with Crippen molar-refractivity contribution in [3.63, 3.8) is 0 Å². The number of unbranched alkanes of at least 4 members (excludes halogenated alkanes) is 8. The van der Waals surface area contributed by atoms with Crippen LogP contribution in [0.3, 0.4) is 0 Å². The van der Waals surface area contributed by atoms with Crippen molar-refractivity contribution in [2.45, 2.75) is 85.5 Å². The van der Waals surface area contributed by atoms with Crippen LogP contribution in [0.2, 0.25) is 0 Å². The summed E-state index contributed by atoms with van der Waals surface area (Å²) in [6.45, 7) is 10.3. The highest BCUT2D eigenvalue weighted by Gasteiger charge is 2.43. The lowest BCUT2D eigenvalue weighted by Crippen LogP contribution is -2.11. The van der Waals surface area contributed by atoms with E-state index >= 15 is 0 Å². The normalized spacial score (nSPS) is 12.0. The largest absolute Gasteiger partial charge is 0.411 e. The van der Waals surface area contributed by atoms with E-state index in [1.54, 1.807) is 0 Å². The quantitative estimate of drug-likeness (QED) is 0.243. The molecular formula is C17H38O3P+. The molecule has 0 saturated carbocycles. The van der Waals surface area contributed by atoms with Crippen molar-refractivity contribution in [3.8, 4) is 0 Å². The Bertz CT molecular complexity index is 195. The van der Waals surface area contributed by atoms with Gasteiger partial charge < -0.3 is 0 Å². The molecule has 3 nitrogen and oxygen atoms in total. The SMILES string of the molecule is CCCCCCCCCCC[P+](OCC)(OCC)OCC. The van der Waals surface area contributed by atoms with E-state index in [-0.39, 0.29) is 0 Å². The predicted molar refractivity (Wildman–Crippen MR) is 93.9 cm³/mol. The minimum atomic E-state index is -2.07. The molecule has 0 aromatic heterocycles. The molecule has 4 heteroatoms. The van der Waals surface area contributed by atoms with Gasteiger partial charge in [-0.1, -0.05) is 51.9 Å². The maximum atomic E-state index is 5.85. The molecule has 0 rings (SSSR count). The Morgan fingerprint density at radius 3 is 1.29 bits per heavy atom. The average molecular weight is 321 g/mol. The Kier molecular flexibility index (Phi) is 15.4. The first-order valence-electron chi connectivity index (χ1n) is 9.06. The number of rotatable bonds is 16. The minimum Gasteiger partial charge on any atom is -0.178 e. The molecule has 0 aliphatic carbocycles. The van der Waals surface area contributed by atoms with E-state index in [0.29, 0.717) is 19.8 Å². The molecular weight excluding hydrogens is 283 g/mol. The van der Waals surface area contributed by atoms with Crippen LogP contribution in [0.4, 0.5) is 0 Å². The molecule has 0 aliphatic heterocycles. The van der Waals surface area contributed by atoms with Gasteiger partial charge in [0.1, 0.15) is 6.16 Å².